The van der Waals surface area contributed by atoms with Gasteiger partial charge >= 0.3 is 0 Å². The first-order valence-corrected chi connectivity index (χ1v) is 5.83. The molecule has 2 nitrogen and oxygen atoms in total. The van der Waals surface area contributed by atoms with Crippen LogP contribution in [0.4, 0.5) is 0 Å². The SMILES string of the molecule is CC(C)(CO)COCC1CCCCC1. The van der Waals surface area contributed by atoms with Gasteiger partial charge in [-0.15, -0.1) is 0 Å². The lowest BCUT2D eigenvalue weighted by molar-refractivity contribution is 0.00749. The van der Waals surface area contributed by atoms with E-state index in [1.54, 1.807) is 0 Å². The lowest BCUT2D eigenvalue weighted by Gasteiger charge is -2.25. The summed E-state index contributed by atoms with van der Waals surface area (Å²) in [4.78, 5) is 0. The molecule has 2 heteroatoms. The third kappa shape index (κ3) is 4.43. The predicted molar refractivity (Wildman–Crippen MR) is 58.3 cm³/mol. The van der Waals surface area contributed by atoms with Gasteiger partial charge in [0.2, 0.25) is 0 Å². The number of hydrogen-bond donors (Lipinski definition) is 1. The average Bonchev–Trinajstić information content (AvgIpc) is 2.19. The second-order valence-corrected chi connectivity index (χ2v) is 5.34. The van der Waals surface area contributed by atoms with E-state index in [2.05, 4.69) is 0 Å². The summed E-state index contributed by atoms with van der Waals surface area (Å²) in [7, 11) is 0. The zero-order valence-electron chi connectivity index (χ0n) is 9.59. The van der Waals surface area contributed by atoms with Crippen molar-refractivity contribution in [2.75, 3.05) is 19.8 Å². The minimum atomic E-state index is -0.0747. The lowest BCUT2D eigenvalue weighted by atomic mass is 9.90. The Bertz CT molecular complexity index is 148. The first-order chi connectivity index (χ1) is 6.64. The quantitative estimate of drug-likeness (QED) is 0.739. The number of rotatable bonds is 5. The Balaban J connectivity index is 2.08. The Hall–Kier alpha value is -0.0800. The molecule has 1 aliphatic carbocycles. The van der Waals surface area contributed by atoms with Crippen LogP contribution in [0.1, 0.15) is 46.0 Å². The molecule has 0 radical (unpaired) electrons. The molecule has 84 valence electrons. The van der Waals surface area contributed by atoms with Crippen LogP contribution in [0.15, 0.2) is 0 Å². The van der Waals surface area contributed by atoms with E-state index in [1.807, 2.05) is 13.8 Å². The van der Waals surface area contributed by atoms with Gasteiger partial charge in [-0.2, -0.15) is 0 Å². The summed E-state index contributed by atoms with van der Waals surface area (Å²) in [6, 6.07) is 0. The molecule has 0 aromatic rings. The van der Waals surface area contributed by atoms with Gasteiger partial charge in [-0.3, -0.25) is 0 Å². The van der Waals surface area contributed by atoms with E-state index in [0.717, 1.165) is 12.5 Å². The Morgan fingerprint density at radius 2 is 1.86 bits per heavy atom. The van der Waals surface area contributed by atoms with Crippen LogP contribution >= 0.6 is 0 Å². The van der Waals surface area contributed by atoms with Crippen LogP contribution < -0.4 is 0 Å². The normalized spacial score (nSPS) is 19.9. The highest BCUT2D eigenvalue weighted by Crippen LogP contribution is 2.24. The van der Waals surface area contributed by atoms with Gasteiger partial charge in [0.25, 0.3) is 0 Å². The third-order valence-corrected chi connectivity index (χ3v) is 3.00. The minimum absolute atomic E-state index is 0.0747. The van der Waals surface area contributed by atoms with E-state index >= 15 is 0 Å². The van der Waals surface area contributed by atoms with Crippen molar-refractivity contribution in [2.45, 2.75) is 46.0 Å². The summed E-state index contributed by atoms with van der Waals surface area (Å²) >= 11 is 0. The molecule has 0 spiro atoms. The monoisotopic (exact) mass is 200 g/mol. The van der Waals surface area contributed by atoms with E-state index in [4.69, 9.17) is 9.84 Å². The first-order valence-electron chi connectivity index (χ1n) is 5.83. The van der Waals surface area contributed by atoms with Crippen LogP contribution in [0.5, 0.6) is 0 Å². The van der Waals surface area contributed by atoms with Gasteiger partial charge in [-0.05, 0) is 18.8 Å². The van der Waals surface area contributed by atoms with E-state index in [0.29, 0.717) is 6.61 Å². The Morgan fingerprint density at radius 1 is 1.21 bits per heavy atom. The topological polar surface area (TPSA) is 29.5 Å². The summed E-state index contributed by atoms with van der Waals surface area (Å²) < 4.78 is 5.67. The molecule has 0 atom stereocenters. The zero-order chi connectivity index (χ0) is 10.4. The molecular formula is C12H24O2. The molecule has 1 saturated carbocycles. The second-order valence-electron chi connectivity index (χ2n) is 5.34. The van der Waals surface area contributed by atoms with Gasteiger partial charge in [-0.1, -0.05) is 33.1 Å². The Labute approximate surface area is 87.7 Å². The van der Waals surface area contributed by atoms with Gasteiger partial charge in [-0.25, -0.2) is 0 Å². The molecule has 0 amide bonds. The van der Waals surface area contributed by atoms with Crippen molar-refractivity contribution in [3.05, 3.63) is 0 Å². The number of ether oxygens (including phenoxy) is 1. The van der Waals surface area contributed by atoms with Crippen LogP contribution in [0.25, 0.3) is 0 Å². The van der Waals surface area contributed by atoms with E-state index in [-0.39, 0.29) is 12.0 Å². The minimum Gasteiger partial charge on any atom is -0.396 e. The predicted octanol–water partition coefficient (Wildman–Crippen LogP) is 2.60. The van der Waals surface area contributed by atoms with Crippen LogP contribution in [-0.4, -0.2) is 24.9 Å². The van der Waals surface area contributed by atoms with E-state index in [1.165, 1.54) is 32.1 Å². The van der Waals surface area contributed by atoms with Crippen LogP contribution in [0.3, 0.4) is 0 Å². The fourth-order valence-electron chi connectivity index (χ4n) is 1.90. The molecule has 14 heavy (non-hydrogen) atoms. The Morgan fingerprint density at radius 3 is 2.43 bits per heavy atom. The van der Waals surface area contributed by atoms with Crippen molar-refractivity contribution >= 4 is 0 Å². The van der Waals surface area contributed by atoms with Gasteiger partial charge < -0.3 is 9.84 Å². The zero-order valence-corrected chi connectivity index (χ0v) is 9.59. The maximum absolute atomic E-state index is 9.05. The summed E-state index contributed by atoms with van der Waals surface area (Å²) in [6.45, 7) is 5.85. The van der Waals surface area contributed by atoms with Gasteiger partial charge in [0.15, 0.2) is 0 Å². The second kappa shape index (κ2) is 5.72. The highest BCUT2D eigenvalue weighted by molar-refractivity contribution is 4.68. The molecule has 0 aromatic carbocycles. The molecule has 1 aliphatic rings. The van der Waals surface area contributed by atoms with E-state index in [9.17, 15) is 0 Å². The summed E-state index contributed by atoms with van der Waals surface area (Å²) in [6.07, 6.45) is 6.81. The number of aliphatic hydroxyl groups is 1. The third-order valence-electron chi connectivity index (χ3n) is 3.00. The molecule has 0 heterocycles. The van der Waals surface area contributed by atoms with Gasteiger partial charge in [0.1, 0.15) is 0 Å². The molecule has 1 N–H and O–H groups in total. The van der Waals surface area contributed by atoms with Crippen molar-refractivity contribution in [3.63, 3.8) is 0 Å². The van der Waals surface area contributed by atoms with Crippen LogP contribution in [0.2, 0.25) is 0 Å². The van der Waals surface area contributed by atoms with E-state index < -0.39 is 0 Å². The maximum Gasteiger partial charge on any atom is 0.0539 e. The Kier molecular flexibility index (Phi) is 4.90. The molecule has 1 fully saturated rings. The fraction of sp³-hybridized carbons (Fsp3) is 1.00. The smallest absolute Gasteiger partial charge is 0.0539 e. The number of hydrogen-bond acceptors (Lipinski definition) is 2. The molecule has 0 bridgehead atoms. The summed E-state index contributed by atoms with van der Waals surface area (Å²) in [5, 5.41) is 9.05. The van der Waals surface area contributed by atoms with Gasteiger partial charge in [0.05, 0.1) is 13.2 Å². The molecule has 0 aliphatic heterocycles. The molecular weight excluding hydrogens is 176 g/mol. The average molecular weight is 200 g/mol. The summed E-state index contributed by atoms with van der Waals surface area (Å²) in [5.74, 6) is 0.776. The van der Waals surface area contributed by atoms with Crippen LogP contribution in [0, 0.1) is 11.3 Å². The first kappa shape index (κ1) is 12.0. The van der Waals surface area contributed by atoms with Gasteiger partial charge in [0, 0.05) is 12.0 Å². The molecule has 0 saturated heterocycles. The molecule has 0 aromatic heterocycles. The lowest BCUT2D eigenvalue weighted by Crippen LogP contribution is -2.25. The summed E-state index contributed by atoms with van der Waals surface area (Å²) in [5.41, 5.74) is -0.0747. The van der Waals surface area contributed by atoms with Crippen molar-refractivity contribution in [1.82, 2.24) is 0 Å². The fourth-order valence-corrected chi connectivity index (χ4v) is 1.90. The standard InChI is InChI=1S/C12H24O2/c1-12(2,9-13)10-14-8-11-6-4-3-5-7-11/h11,13H,3-10H2,1-2H3. The largest absolute Gasteiger partial charge is 0.396 e. The van der Waals surface area contributed by atoms with Crippen molar-refractivity contribution in [2.24, 2.45) is 11.3 Å². The number of aliphatic hydroxyl groups excluding tert-OH is 1. The molecule has 1 rings (SSSR count). The molecule has 0 unspecified atom stereocenters. The van der Waals surface area contributed by atoms with Crippen molar-refractivity contribution in [3.8, 4) is 0 Å². The van der Waals surface area contributed by atoms with Crippen molar-refractivity contribution < 1.29 is 9.84 Å². The highest BCUT2D eigenvalue weighted by atomic mass is 16.5. The van der Waals surface area contributed by atoms with Crippen molar-refractivity contribution in [1.29, 1.82) is 0 Å². The highest BCUT2D eigenvalue weighted by Gasteiger charge is 2.18. The van der Waals surface area contributed by atoms with Crippen LogP contribution in [-0.2, 0) is 4.74 Å². The maximum atomic E-state index is 9.05.